The van der Waals surface area contributed by atoms with E-state index in [1.165, 1.54) is 0 Å². The molecule has 1 aromatic rings. The van der Waals surface area contributed by atoms with Crippen LogP contribution in [0.5, 0.6) is 0 Å². The van der Waals surface area contributed by atoms with E-state index in [9.17, 15) is 4.79 Å². The number of nitrogens with zero attached hydrogens (tertiary/aromatic N) is 2. The first kappa shape index (κ1) is 14.5. The largest absolute Gasteiger partial charge is 0.384 e. The third-order valence-corrected chi connectivity index (χ3v) is 2.57. The van der Waals surface area contributed by atoms with Crippen LogP contribution in [0.25, 0.3) is 0 Å². The van der Waals surface area contributed by atoms with Crippen LogP contribution in [0, 0.1) is 5.41 Å². The molecule has 0 spiro atoms. The summed E-state index contributed by atoms with van der Waals surface area (Å²) in [5.74, 6) is 0.399. The second kappa shape index (κ2) is 5.38. The summed E-state index contributed by atoms with van der Waals surface area (Å²) in [5, 5.41) is 0. The molecule has 0 radical (unpaired) electrons. The Hall–Kier alpha value is -1.58. The normalized spacial score (nSPS) is 11.4. The van der Waals surface area contributed by atoms with Gasteiger partial charge in [0.15, 0.2) is 0 Å². The predicted octanol–water partition coefficient (Wildman–Crippen LogP) is 2.34. The first-order valence-electron chi connectivity index (χ1n) is 6.25. The molecule has 0 saturated carbocycles. The van der Waals surface area contributed by atoms with Gasteiger partial charge in [-0.2, -0.15) is 0 Å². The third kappa shape index (κ3) is 4.02. The Labute approximate surface area is 109 Å². The number of anilines is 1. The highest BCUT2D eigenvalue weighted by atomic mass is 16.2. The summed E-state index contributed by atoms with van der Waals surface area (Å²) in [4.78, 5) is 18.2. The molecule has 0 aliphatic heterocycles. The number of aromatic nitrogens is 1. The summed E-state index contributed by atoms with van der Waals surface area (Å²) in [5.41, 5.74) is 7.26. The van der Waals surface area contributed by atoms with E-state index in [4.69, 9.17) is 5.73 Å². The maximum absolute atomic E-state index is 12.3. The smallest absolute Gasteiger partial charge is 0.253 e. The average molecular weight is 249 g/mol. The molecule has 18 heavy (non-hydrogen) atoms. The van der Waals surface area contributed by atoms with Crippen molar-refractivity contribution in [2.24, 2.45) is 5.41 Å². The summed E-state index contributed by atoms with van der Waals surface area (Å²) >= 11 is 0. The molecule has 1 rings (SSSR count). The first-order valence-corrected chi connectivity index (χ1v) is 6.25. The summed E-state index contributed by atoms with van der Waals surface area (Å²) in [7, 11) is 1.82. The molecule has 0 aliphatic carbocycles. The summed E-state index contributed by atoms with van der Waals surface area (Å²) in [6, 6.07) is 3.46. The molecule has 0 unspecified atom stereocenters. The van der Waals surface area contributed by atoms with E-state index in [0.717, 1.165) is 12.1 Å². The van der Waals surface area contributed by atoms with Gasteiger partial charge in [-0.25, -0.2) is 4.98 Å². The van der Waals surface area contributed by atoms with Crippen molar-refractivity contribution in [3.05, 3.63) is 23.4 Å². The Morgan fingerprint density at radius 1 is 1.39 bits per heavy atom. The highest BCUT2D eigenvalue weighted by molar-refractivity contribution is 5.94. The number of carbonyl (C=O) groups excluding carboxylic acids is 1. The summed E-state index contributed by atoms with van der Waals surface area (Å²) < 4.78 is 0. The topological polar surface area (TPSA) is 59.2 Å². The number of rotatable bonds is 3. The SMILES string of the molecule is CCc1cc(C(=O)N(C)CC(C)(C)C)cc(N)n1. The summed E-state index contributed by atoms with van der Waals surface area (Å²) in [6.45, 7) is 9.02. The fourth-order valence-corrected chi connectivity index (χ4v) is 1.92. The van der Waals surface area contributed by atoms with Crippen molar-refractivity contribution in [1.29, 1.82) is 0 Å². The Bertz CT molecular complexity index is 435. The second-order valence-corrected chi connectivity index (χ2v) is 5.85. The van der Waals surface area contributed by atoms with Gasteiger partial charge in [0.1, 0.15) is 5.82 Å². The zero-order valence-electron chi connectivity index (χ0n) is 11.9. The highest BCUT2D eigenvalue weighted by Gasteiger charge is 2.19. The van der Waals surface area contributed by atoms with E-state index in [1.807, 2.05) is 20.0 Å². The van der Waals surface area contributed by atoms with Crippen molar-refractivity contribution in [1.82, 2.24) is 9.88 Å². The lowest BCUT2D eigenvalue weighted by molar-refractivity contribution is 0.0745. The first-order chi connectivity index (χ1) is 8.23. The molecular formula is C14H23N3O. The van der Waals surface area contributed by atoms with Gasteiger partial charge in [-0.1, -0.05) is 27.7 Å². The molecule has 0 aliphatic rings. The molecule has 0 saturated heterocycles. The number of aryl methyl sites for hydroxylation is 1. The van der Waals surface area contributed by atoms with Crippen molar-refractivity contribution in [3.63, 3.8) is 0 Å². The zero-order chi connectivity index (χ0) is 13.9. The predicted molar refractivity (Wildman–Crippen MR) is 74.4 cm³/mol. The van der Waals surface area contributed by atoms with Gasteiger partial charge in [0.25, 0.3) is 5.91 Å². The lowest BCUT2D eigenvalue weighted by Crippen LogP contribution is -2.34. The zero-order valence-corrected chi connectivity index (χ0v) is 11.9. The fraction of sp³-hybridized carbons (Fsp3) is 0.571. The quantitative estimate of drug-likeness (QED) is 0.894. The molecule has 0 fully saturated rings. The maximum atomic E-state index is 12.3. The minimum absolute atomic E-state index is 0.00581. The van der Waals surface area contributed by atoms with Crippen LogP contribution in [0.1, 0.15) is 43.7 Å². The third-order valence-electron chi connectivity index (χ3n) is 2.57. The van der Waals surface area contributed by atoms with Gasteiger partial charge < -0.3 is 10.6 Å². The molecule has 0 bridgehead atoms. The van der Waals surface area contributed by atoms with Gasteiger partial charge in [-0.3, -0.25) is 4.79 Å². The van der Waals surface area contributed by atoms with E-state index in [2.05, 4.69) is 25.8 Å². The van der Waals surface area contributed by atoms with Gasteiger partial charge >= 0.3 is 0 Å². The van der Waals surface area contributed by atoms with Crippen molar-refractivity contribution in [2.45, 2.75) is 34.1 Å². The fourth-order valence-electron chi connectivity index (χ4n) is 1.92. The van der Waals surface area contributed by atoms with Crippen LogP contribution in [-0.4, -0.2) is 29.4 Å². The lowest BCUT2D eigenvalue weighted by Gasteiger charge is -2.26. The van der Waals surface area contributed by atoms with Gasteiger partial charge in [0.2, 0.25) is 0 Å². The molecule has 1 amide bonds. The minimum Gasteiger partial charge on any atom is -0.384 e. The van der Waals surface area contributed by atoms with Crippen LogP contribution in [0.2, 0.25) is 0 Å². The molecule has 4 heteroatoms. The molecule has 1 aromatic heterocycles. The Kier molecular flexibility index (Phi) is 4.33. The van der Waals surface area contributed by atoms with E-state index in [-0.39, 0.29) is 11.3 Å². The van der Waals surface area contributed by atoms with E-state index >= 15 is 0 Å². The van der Waals surface area contributed by atoms with Gasteiger partial charge in [-0.15, -0.1) is 0 Å². The monoisotopic (exact) mass is 249 g/mol. The number of hydrogen-bond acceptors (Lipinski definition) is 3. The molecule has 100 valence electrons. The Morgan fingerprint density at radius 2 is 2.00 bits per heavy atom. The molecule has 0 aromatic carbocycles. The number of nitrogen functional groups attached to an aromatic ring is 1. The number of carbonyl (C=O) groups is 1. The van der Waals surface area contributed by atoms with Crippen LogP contribution in [0.3, 0.4) is 0 Å². The molecule has 0 atom stereocenters. The van der Waals surface area contributed by atoms with Crippen molar-refractivity contribution in [2.75, 3.05) is 19.3 Å². The van der Waals surface area contributed by atoms with Crippen molar-refractivity contribution >= 4 is 11.7 Å². The molecule has 2 N–H and O–H groups in total. The lowest BCUT2D eigenvalue weighted by atomic mass is 9.96. The molecular weight excluding hydrogens is 226 g/mol. The van der Waals surface area contributed by atoms with E-state index in [1.54, 1.807) is 11.0 Å². The van der Waals surface area contributed by atoms with E-state index < -0.39 is 0 Å². The van der Waals surface area contributed by atoms with Crippen LogP contribution in [0.15, 0.2) is 12.1 Å². The summed E-state index contributed by atoms with van der Waals surface area (Å²) in [6.07, 6.45) is 0.772. The van der Waals surface area contributed by atoms with Crippen LogP contribution in [-0.2, 0) is 6.42 Å². The van der Waals surface area contributed by atoms with E-state index in [0.29, 0.717) is 17.9 Å². The van der Waals surface area contributed by atoms with Gasteiger partial charge in [-0.05, 0) is 24.0 Å². The molecule has 1 heterocycles. The number of hydrogen-bond donors (Lipinski definition) is 1. The van der Waals surface area contributed by atoms with Crippen molar-refractivity contribution < 1.29 is 4.79 Å². The van der Waals surface area contributed by atoms with Gasteiger partial charge in [0.05, 0.1) is 0 Å². The number of nitrogens with two attached hydrogens (primary N) is 1. The van der Waals surface area contributed by atoms with Gasteiger partial charge in [0, 0.05) is 24.8 Å². The average Bonchev–Trinajstić information content (AvgIpc) is 2.24. The Balaban J connectivity index is 2.93. The van der Waals surface area contributed by atoms with Crippen LogP contribution >= 0.6 is 0 Å². The maximum Gasteiger partial charge on any atom is 0.253 e. The molecule has 4 nitrogen and oxygen atoms in total. The van der Waals surface area contributed by atoms with Crippen LogP contribution < -0.4 is 5.73 Å². The minimum atomic E-state index is -0.00581. The van der Waals surface area contributed by atoms with Crippen molar-refractivity contribution in [3.8, 4) is 0 Å². The number of amides is 1. The van der Waals surface area contributed by atoms with Crippen LogP contribution in [0.4, 0.5) is 5.82 Å². The number of pyridine rings is 1. The standard InChI is InChI=1S/C14H23N3O/c1-6-11-7-10(8-12(15)16-11)13(18)17(5)9-14(2,3)4/h7-8H,6,9H2,1-5H3,(H2,15,16). The second-order valence-electron chi connectivity index (χ2n) is 5.85. The Morgan fingerprint density at radius 3 is 2.50 bits per heavy atom. The highest BCUT2D eigenvalue weighted by Crippen LogP contribution is 2.17.